The van der Waals surface area contributed by atoms with E-state index in [1.165, 1.54) is 0 Å². The number of benzene rings is 1. The molecule has 5 heteroatoms. The van der Waals surface area contributed by atoms with Crippen molar-refractivity contribution in [2.45, 2.75) is 26.0 Å². The van der Waals surface area contributed by atoms with Gasteiger partial charge in [0.2, 0.25) is 5.91 Å². The molecule has 1 heterocycles. The first kappa shape index (κ1) is 15.0. The molecule has 1 aliphatic rings. The highest BCUT2D eigenvalue weighted by Gasteiger charge is 2.26. The minimum Gasteiger partial charge on any atom is -0.393 e. The average Bonchev–Trinajstić information content (AvgIpc) is 2.88. The van der Waals surface area contributed by atoms with Crippen LogP contribution in [0.3, 0.4) is 0 Å². The van der Waals surface area contributed by atoms with E-state index >= 15 is 0 Å². The highest BCUT2D eigenvalue weighted by molar-refractivity contribution is 5.92. The quantitative estimate of drug-likeness (QED) is 0.743. The van der Waals surface area contributed by atoms with Gasteiger partial charge >= 0.3 is 0 Å². The van der Waals surface area contributed by atoms with Crippen LogP contribution in [-0.4, -0.2) is 41.7 Å². The number of hydrogen-bond acceptors (Lipinski definition) is 4. The number of aliphatic hydroxyl groups excluding tert-OH is 1. The molecule has 1 fully saturated rings. The average molecular weight is 277 g/mol. The molecule has 1 amide bonds. The van der Waals surface area contributed by atoms with Crippen LogP contribution >= 0.6 is 0 Å². The Bertz CT molecular complexity index is 445. The molecule has 2 unspecified atom stereocenters. The van der Waals surface area contributed by atoms with Gasteiger partial charge in [-0.3, -0.25) is 9.69 Å². The largest absolute Gasteiger partial charge is 0.393 e. The molecule has 5 nitrogen and oxygen atoms in total. The number of carbonyl (C=O) groups is 1. The van der Waals surface area contributed by atoms with E-state index in [4.69, 9.17) is 5.73 Å². The van der Waals surface area contributed by atoms with Crippen molar-refractivity contribution < 1.29 is 9.90 Å². The third-order valence-electron chi connectivity index (χ3n) is 3.83. The SMILES string of the molecule is CC(O)C1CCN(CC(=O)Nc2ccc(CN)cc2)C1. The van der Waals surface area contributed by atoms with Gasteiger partial charge in [-0.2, -0.15) is 0 Å². The molecule has 1 saturated heterocycles. The van der Waals surface area contributed by atoms with E-state index in [1.807, 2.05) is 31.2 Å². The zero-order valence-electron chi connectivity index (χ0n) is 11.9. The zero-order valence-corrected chi connectivity index (χ0v) is 11.9. The van der Waals surface area contributed by atoms with E-state index in [1.54, 1.807) is 0 Å². The maximum atomic E-state index is 12.0. The van der Waals surface area contributed by atoms with Gasteiger partial charge in [0, 0.05) is 18.8 Å². The van der Waals surface area contributed by atoms with Gasteiger partial charge in [-0.05, 0) is 43.5 Å². The summed E-state index contributed by atoms with van der Waals surface area (Å²) in [6.45, 7) is 4.35. The summed E-state index contributed by atoms with van der Waals surface area (Å²) in [7, 11) is 0. The summed E-state index contributed by atoms with van der Waals surface area (Å²) in [5.41, 5.74) is 7.37. The summed E-state index contributed by atoms with van der Waals surface area (Å²) in [4.78, 5) is 14.0. The molecule has 0 spiro atoms. The predicted molar refractivity (Wildman–Crippen MR) is 79.2 cm³/mol. The molecule has 0 saturated carbocycles. The normalized spacial score (nSPS) is 20.9. The molecule has 1 aliphatic heterocycles. The molecule has 2 rings (SSSR count). The van der Waals surface area contributed by atoms with Gasteiger partial charge in [0.05, 0.1) is 12.6 Å². The maximum Gasteiger partial charge on any atom is 0.238 e. The van der Waals surface area contributed by atoms with E-state index < -0.39 is 0 Å². The van der Waals surface area contributed by atoms with Crippen LogP contribution in [0.5, 0.6) is 0 Å². The smallest absolute Gasteiger partial charge is 0.238 e. The number of aliphatic hydroxyl groups is 1. The Morgan fingerprint density at radius 1 is 1.50 bits per heavy atom. The molecule has 1 aromatic rings. The lowest BCUT2D eigenvalue weighted by Crippen LogP contribution is -2.32. The van der Waals surface area contributed by atoms with Crippen molar-refractivity contribution in [1.82, 2.24) is 4.90 Å². The fraction of sp³-hybridized carbons (Fsp3) is 0.533. The van der Waals surface area contributed by atoms with Crippen LogP contribution in [0.4, 0.5) is 5.69 Å². The molecule has 0 bridgehead atoms. The molecule has 1 aromatic carbocycles. The van der Waals surface area contributed by atoms with Crippen LogP contribution in [0.25, 0.3) is 0 Å². The van der Waals surface area contributed by atoms with Crippen LogP contribution in [-0.2, 0) is 11.3 Å². The number of anilines is 1. The van der Waals surface area contributed by atoms with Crippen molar-refractivity contribution in [3.05, 3.63) is 29.8 Å². The maximum absolute atomic E-state index is 12.0. The van der Waals surface area contributed by atoms with E-state index in [0.717, 1.165) is 30.8 Å². The second-order valence-corrected chi connectivity index (χ2v) is 5.47. The standard InChI is InChI=1S/C15H23N3O2/c1-11(19)13-6-7-18(9-13)10-15(20)17-14-4-2-12(8-16)3-5-14/h2-5,11,13,19H,6-10,16H2,1H3,(H,17,20). The summed E-state index contributed by atoms with van der Waals surface area (Å²) >= 11 is 0. The van der Waals surface area contributed by atoms with Crippen LogP contribution in [0.2, 0.25) is 0 Å². The fourth-order valence-corrected chi connectivity index (χ4v) is 2.53. The lowest BCUT2D eigenvalue weighted by molar-refractivity contribution is -0.117. The Balaban J connectivity index is 1.80. The molecule has 20 heavy (non-hydrogen) atoms. The van der Waals surface area contributed by atoms with E-state index in [9.17, 15) is 9.90 Å². The monoisotopic (exact) mass is 277 g/mol. The van der Waals surface area contributed by atoms with E-state index in [2.05, 4.69) is 10.2 Å². The van der Waals surface area contributed by atoms with Crippen LogP contribution in [0, 0.1) is 5.92 Å². The molecule has 0 aliphatic carbocycles. The topological polar surface area (TPSA) is 78.6 Å². The summed E-state index contributed by atoms with van der Waals surface area (Å²) in [6.07, 6.45) is 0.655. The number of hydrogen-bond donors (Lipinski definition) is 3. The Morgan fingerprint density at radius 3 is 2.75 bits per heavy atom. The van der Waals surface area contributed by atoms with Gasteiger partial charge < -0.3 is 16.2 Å². The third-order valence-corrected chi connectivity index (χ3v) is 3.83. The Morgan fingerprint density at radius 2 is 2.20 bits per heavy atom. The third kappa shape index (κ3) is 4.03. The number of carbonyl (C=O) groups excluding carboxylic acids is 1. The van der Waals surface area contributed by atoms with Gasteiger partial charge in [0.1, 0.15) is 0 Å². The molecule has 2 atom stereocenters. The van der Waals surface area contributed by atoms with Crippen LogP contribution < -0.4 is 11.1 Å². The van der Waals surface area contributed by atoms with Gasteiger partial charge in [0.15, 0.2) is 0 Å². The van der Waals surface area contributed by atoms with Gasteiger partial charge in [0.25, 0.3) is 0 Å². The first-order valence-electron chi connectivity index (χ1n) is 7.07. The van der Waals surface area contributed by atoms with E-state index in [0.29, 0.717) is 13.1 Å². The number of nitrogens with zero attached hydrogens (tertiary/aromatic N) is 1. The van der Waals surface area contributed by atoms with Crippen molar-refractivity contribution in [2.75, 3.05) is 25.0 Å². The number of nitrogens with one attached hydrogen (secondary N) is 1. The zero-order chi connectivity index (χ0) is 14.5. The minimum absolute atomic E-state index is 0.0169. The number of amides is 1. The summed E-state index contributed by atoms with van der Waals surface area (Å²) in [5.74, 6) is 0.267. The first-order valence-corrected chi connectivity index (χ1v) is 7.07. The van der Waals surface area contributed by atoms with Crippen molar-refractivity contribution in [2.24, 2.45) is 11.7 Å². The van der Waals surface area contributed by atoms with E-state index in [-0.39, 0.29) is 17.9 Å². The summed E-state index contributed by atoms with van der Waals surface area (Å²) in [5, 5.41) is 12.4. The van der Waals surface area contributed by atoms with Crippen LogP contribution in [0.1, 0.15) is 18.9 Å². The summed E-state index contributed by atoms with van der Waals surface area (Å²) < 4.78 is 0. The van der Waals surface area contributed by atoms with Crippen molar-refractivity contribution in [3.63, 3.8) is 0 Å². The minimum atomic E-state index is -0.299. The van der Waals surface area contributed by atoms with Crippen molar-refractivity contribution in [1.29, 1.82) is 0 Å². The second kappa shape index (κ2) is 6.83. The lowest BCUT2D eigenvalue weighted by atomic mass is 10.0. The highest BCUT2D eigenvalue weighted by Crippen LogP contribution is 2.19. The van der Waals surface area contributed by atoms with Crippen molar-refractivity contribution >= 4 is 11.6 Å². The number of nitrogens with two attached hydrogens (primary N) is 1. The lowest BCUT2D eigenvalue weighted by Gasteiger charge is -2.17. The van der Waals surface area contributed by atoms with Gasteiger partial charge in [-0.25, -0.2) is 0 Å². The first-order chi connectivity index (χ1) is 9.58. The molecule has 110 valence electrons. The highest BCUT2D eigenvalue weighted by atomic mass is 16.3. The molecule has 0 aromatic heterocycles. The molecule has 4 N–H and O–H groups in total. The number of rotatable bonds is 5. The van der Waals surface area contributed by atoms with Crippen LogP contribution in [0.15, 0.2) is 24.3 Å². The fourth-order valence-electron chi connectivity index (χ4n) is 2.53. The predicted octanol–water partition coefficient (Wildman–Crippen LogP) is 0.786. The molecular formula is C15H23N3O2. The summed E-state index contributed by atoms with van der Waals surface area (Å²) in [6, 6.07) is 7.55. The Hall–Kier alpha value is -1.43. The number of likely N-dealkylation sites (tertiary alicyclic amines) is 1. The van der Waals surface area contributed by atoms with Crippen molar-refractivity contribution in [3.8, 4) is 0 Å². The Labute approximate surface area is 119 Å². The molecular weight excluding hydrogens is 254 g/mol. The second-order valence-electron chi connectivity index (χ2n) is 5.47. The molecule has 0 radical (unpaired) electrons. The van der Waals surface area contributed by atoms with Gasteiger partial charge in [-0.15, -0.1) is 0 Å². The Kier molecular flexibility index (Phi) is 5.11. The van der Waals surface area contributed by atoms with Gasteiger partial charge in [-0.1, -0.05) is 12.1 Å².